The van der Waals surface area contributed by atoms with Gasteiger partial charge in [0, 0.05) is 6.04 Å². The Bertz CT molecular complexity index is 283. The maximum atomic E-state index is 8.63. The normalized spacial score (nSPS) is 10.2. The van der Waals surface area contributed by atoms with Crippen LogP contribution in [0.1, 0.15) is 25.2 Å². The maximum absolute atomic E-state index is 8.63. The van der Waals surface area contributed by atoms with Crippen LogP contribution in [0.2, 0.25) is 0 Å². The van der Waals surface area contributed by atoms with Gasteiger partial charge in [-0.3, -0.25) is 0 Å². The summed E-state index contributed by atoms with van der Waals surface area (Å²) >= 11 is 0. The van der Waals surface area contributed by atoms with Crippen LogP contribution in [0, 0.1) is 11.3 Å². The highest BCUT2D eigenvalue weighted by Gasteiger charge is 2.04. The molecule has 0 unspecified atom stereocenters. The Morgan fingerprint density at radius 2 is 2.42 bits per heavy atom. The van der Waals surface area contributed by atoms with Crippen molar-refractivity contribution < 1.29 is 4.42 Å². The van der Waals surface area contributed by atoms with Crippen LogP contribution >= 0.6 is 0 Å². The van der Waals surface area contributed by atoms with Crippen molar-refractivity contribution >= 4 is 0 Å². The minimum atomic E-state index is 0.404. The van der Waals surface area contributed by atoms with E-state index in [1.165, 1.54) is 6.26 Å². The second-order valence-electron chi connectivity index (χ2n) is 2.90. The number of nitriles is 1. The van der Waals surface area contributed by atoms with Crippen molar-refractivity contribution in [1.82, 2.24) is 5.32 Å². The van der Waals surface area contributed by atoms with Crippen molar-refractivity contribution in [1.29, 1.82) is 5.26 Å². The highest BCUT2D eigenvalue weighted by atomic mass is 16.3. The highest BCUT2D eigenvalue weighted by molar-refractivity contribution is 5.30. The first-order valence-corrected chi connectivity index (χ1v) is 3.94. The van der Waals surface area contributed by atoms with E-state index in [0.29, 0.717) is 23.9 Å². The molecular weight excluding hydrogens is 152 g/mol. The molecule has 0 aliphatic heterocycles. The van der Waals surface area contributed by atoms with Crippen molar-refractivity contribution in [3.05, 3.63) is 23.7 Å². The molecule has 0 aliphatic carbocycles. The van der Waals surface area contributed by atoms with Gasteiger partial charge in [-0.1, -0.05) is 13.8 Å². The molecule has 1 rings (SSSR count). The molecule has 0 spiro atoms. The molecule has 0 fully saturated rings. The lowest BCUT2D eigenvalue weighted by Gasteiger charge is -2.05. The molecule has 1 heterocycles. The summed E-state index contributed by atoms with van der Waals surface area (Å²) in [6, 6.07) is 4.15. The Morgan fingerprint density at radius 1 is 1.67 bits per heavy atom. The zero-order valence-electron chi connectivity index (χ0n) is 7.29. The molecule has 0 saturated carbocycles. The standard InChI is InChI=1S/C9H12N2O/c1-7(2)11-6-9-8(5-10)3-4-12-9/h3-4,7,11H,6H2,1-2H3. The van der Waals surface area contributed by atoms with E-state index in [9.17, 15) is 0 Å². The number of furan rings is 1. The summed E-state index contributed by atoms with van der Waals surface area (Å²) in [6.07, 6.45) is 1.54. The molecule has 12 heavy (non-hydrogen) atoms. The molecule has 0 bridgehead atoms. The van der Waals surface area contributed by atoms with Gasteiger partial charge in [0.25, 0.3) is 0 Å². The van der Waals surface area contributed by atoms with Crippen LogP contribution in [0.15, 0.2) is 16.7 Å². The molecular formula is C9H12N2O. The molecule has 1 N–H and O–H groups in total. The van der Waals surface area contributed by atoms with Crippen LogP contribution in [0.25, 0.3) is 0 Å². The molecule has 0 amide bonds. The minimum absolute atomic E-state index is 0.404. The molecule has 3 nitrogen and oxygen atoms in total. The molecule has 0 saturated heterocycles. The van der Waals surface area contributed by atoms with Crippen LogP contribution in [0.5, 0.6) is 0 Å². The fourth-order valence-electron chi connectivity index (χ4n) is 0.874. The topological polar surface area (TPSA) is 49.0 Å². The van der Waals surface area contributed by atoms with Crippen molar-refractivity contribution in [3.8, 4) is 6.07 Å². The summed E-state index contributed by atoms with van der Waals surface area (Å²) in [6.45, 7) is 4.72. The fraction of sp³-hybridized carbons (Fsp3) is 0.444. The van der Waals surface area contributed by atoms with Crippen LogP contribution in [0.4, 0.5) is 0 Å². The first-order chi connectivity index (χ1) is 5.74. The molecule has 1 aromatic rings. The van der Waals surface area contributed by atoms with Gasteiger partial charge in [0.2, 0.25) is 0 Å². The quantitative estimate of drug-likeness (QED) is 0.738. The average molecular weight is 164 g/mol. The van der Waals surface area contributed by atoms with Crippen LogP contribution in [-0.4, -0.2) is 6.04 Å². The largest absolute Gasteiger partial charge is 0.467 e. The van der Waals surface area contributed by atoms with E-state index < -0.39 is 0 Å². The Hall–Kier alpha value is -1.27. The van der Waals surface area contributed by atoms with E-state index in [2.05, 4.69) is 25.2 Å². The summed E-state index contributed by atoms with van der Waals surface area (Å²) in [5.41, 5.74) is 0.614. The van der Waals surface area contributed by atoms with Crippen molar-refractivity contribution in [2.75, 3.05) is 0 Å². The van der Waals surface area contributed by atoms with Crippen molar-refractivity contribution in [3.63, 3.8) is 0 Å². The molecule has 0 atom stereocenters. The van der Waals surface area contributed by atoms with Crippen LogP contribution < -0.4 is 5.32 Å². The van der Waals surface area contributed by atoms with E-state index in [-0.39, 0.29) is 0 Å². The van der Waals surface area contributed by atoms with E-state index in [0.717, 1.165) is 0 Å². The molecule has 1 aromatic heterocycles. The number of nitrogens with zero attached hydrogens (tertiary/aromatic N) is 1. The monoisotopic (exact) mass is 164 g/mol. The molecule has 0 aliphatic rings. The third kappa shape index (κ3) is 2.11. The average Bonchev–Trinajstić information content (AvgIpc) is 2.47. The number of hydrogen-bond donors (Lipinski definition) is 1. The third-order valence-electron chi connectivity index (χ3n) is 1.54. The summed E-state index contributed by atoms with van der Waals surface area (Å²) in [7, 11) is 0. The summed E-state index contributed by atoms with van der Waals surface area (Å²) < 4.78 is 5.12. The molecule has 3 heteroatoms. The lowest BCUT2D eigenvalue weighted by atomic mass is 10.2. The lowest BCUT2D eigenvalue weighted by Crippen LogP contribution is -2.21. The van der Waals surface area contributed by atoms with Gasteiger partial charge in [-0.2, -0.15) is 5.26 Å². The molecule has 0 aromatic carbocycles. The summed E-state index contributed by atoms with van der Waals surface area (Å²) in [5.74, 6) is 0.714. The van der Waals surface area contributed by atoms with Gasteiger partial charge in [-0.05, 0) is 6.07 Å². The van der Waals surface area contributed by atoms with E-state index >= 15 is 0 Å². The Morgan fingerprint density at radius 3 is 3.00 bits per heavy atom. The van der Waals surface area contributed by atoms with E-state index in [1.54, 1.807) is 6.07 Å². The van der Waals surface area contributed by atoms with Gasteiger partial charge in [0.05, 0.1) is 18.4 Å². The Labute approximate surface area is 72.0 Å². The zero-order chi connectivity index (χ0) is 8.97. The van der Waals surface area contributed by atoms with Crippen molar-refractivity contribution in [2.45, 2.75) is 26.4 Å². The minimum Gasteiger partial charge on any atom is -0.467 e. The van der Waals surface area contributed by atoms with Crippen LogP contribution in [0.3, 0.4) is 0 Å². The predicted molar refractivity (Wildman–Crippen MR) is 45.4 cm³/mol. The first kappa shape index (κ1) is 8.82. The van der Waals surface area contributed by atoms with Gasteiger partial charge in [0.1, 0.15) is 11.8 Å². The third-order valence-corrected chi connectivity index (χ3v) is 1.54. The molecule has 0 radical (unpaired) electrons. The number of hydrogen-bond acceptors (Lipinski definition) is 3. The number of nitrogens with one attached hydrogen (secondary N) is 1. The van der Waals surface area contributed by atoms with Gasteiger partial charge < -0.3 is 9.73 Å². The second-order valence-corrected chi connectivity index (χ2v) is 2.90. The number of rotatable bonds is 3. The highest BCUT2D eigenvalue weighted by Crippen LogP contribution is 2.08. The Kier molecular flexibility index (Phi) is 2.89. The zero-order valence-corrected chi connectivity index (χ0v) is 7.29. The molecule has 64 valence electrons. The lowest BCUT2D eigenvalue weighted by molar-refractivity contribution is 0.464. The van der Waals surface area contributed by atoms with Gasteiger partial charge >= 0.3 is 0 Å². The predicted octanol–water partition coefficient (Wildman–Crippen LogP) is 1.65. The van der Waals surface area contributed by atoms with Gasteiger partial charge in [-0.15, -0.1) is 0 Å². The van der Waals surface area contributed by atoms with Gasteiger partial charge in [0.15, 0.2) is 0 Å². The second kappa shape index (κ2) is 3.93. The van der Waals surface area contributed by atoms with Crippen LogP contribution in [-0.2, 0) is 6.54 Å². The van der Waals surface area contributed by atoms with E-state index in [1.807, 2.05) is 0 Å². The first-order valence-electron chi connectivity index (χ1n) is 3.94. The summed E-state index contributed by atoms with van der Waals surface area (Å²) in [5, 5.41) is 11.8. The smallest absolute Gasteiger partial charge is 0.135 e. The van der Waals surface area contributed by atoms with E-state index in [4.69, 9.17) is 9.68 Å². The van der Waals surface area contributed by atoms with Crippen molar-refractivity contribution in [2.24, 2.45) is 0 Å². The SMILES string of the molecule is CC(C)NCc1occc1C#N. The summed E-state index contributed by atoms with van der Waals surface area (Å²) in [4.78, 5) is 0. The Balaban J connectivity index is 2.58. The van der Waals surface area contributed by atoms with Gasteiger partial charge in [-0.25, -0.2) is 0 Å². The maximum Gasteiger partial charge on any atom is 0.135 e. The fourth-order valence-corrected chi connectivity index (χ4v) is 0.874.